The normalized spacial score (nSPS) is 12.0. The number of aryl methyl sites for hydroxylation is 2. The average molecular weight is 312 g/mol. The number of primary amides is 1. The van der Waals surface area contributed by atoms with Crippen LogP contribution in [0.2, 0.25) is 0 Å². The second kappa shape index (κ2) is 5.64. The van der Waals surface area contributed by atoms with E-state index in [1.54, 1.807) is 13.0 Å². The Hall–Kier alpha value is -1.62. The second-order valence-electron chi connectivity index (χ2n) is 5.85. The predicted octanol–water partition coefficient (Wildman–Crippen LogP) is 2.88. The van der Waals surface area contributed by atoms with Gasteiger partial charge in [0.25, 0.3) is 0 Å². The van der Waals surface area contributed by atoms with Crippen molar-refractivity contribution in [1.82, 2.24) is 9.55 Å². The smallest absolute Gasteiger partial charge is 0.219 e. The van der Waals surface area contributed by atoms with Crippen molar-refractivity contribution in [2.75, 3.05) is 5.88 Å². The van der Waals surface area contributed by atoms with E-state index in [9.17, 15) is 9.18 Å². The van der Waals surface area contributed by atoms with Gasteiger partial charge in [0.1, 0.15) is 11.6 Å². The third-order valence-electron chi connectivity index (χ3n) is 3.53. The molecule has 0 aliphatic heterocycles. The Morgan fingerprint density at radius 2 is 2.14 bits per heavy atom. The molecule has 0 saturated carbocycles. The zero-order valence-corrected chi connectivity index (χ0v) is 13.2. The Bertz CT molecular complexity index is 694. The van der Waals surface area contributed by atoms with Crippen LogP contribution in [0.1, 0.15) is 31.7 Å². The number of alkyl halides is 1. The standard InChI is InChI=1S/C15H19ClFN3O/c1-9-6-12-11(7-10(9)17)19-14(4-5-16)20(12)15(2,3)8-13(18)21/h6-7H,4-5,8H2,1-3H3,(H2,18,21). The van der Waals surface area contributed by atoms with Gasteiger partial charge in [-0.2, -0.15) is 0 Å². The molecule has 0 unspecified atom stereocenters. The van der Waals surface area contributed by atoms with E-state index in [-0.39, 0.29) is 12.2 Å². The minimum Gasteiger partial charge on any atom is -0.370 e. The molecule has 114 valence electrons. The van der Waals surface area contributed by atoms with Gasteiger partial charge < -0.3 is 10.3 Å². The molecular weight excluding hydrogens is 293 g/mol. The molecule has 6 heteroatoms. The number of nitrogens with two attached hydrogens (primary N) is 1. The van der Waals surface area contributed by atoms with Gasteiger partial charge in [-0.1, -0.05) is 0 Å². The number of benzene rings is 1. The minimum absolute atomic E-state index is 0.171. The van der Waals surface area contributed by atoms with Crippen LogP contribution in [0.3, 0.4) is 0 Å². The summed E-state index contributed by atoms with van der Waals surface area (Å²) < 4.78 is 15.7. The Morgan fingerprint density at radius 1 is 1.48 bits per heavy atom. The number of amides is 1. The van der Waals surface area contributed by atoms with Gasteiger partial charge in [0.05, 0.1) is 11.0 Å². The SMILES string of the molecule is Cc1cc2c(cc1F)nc(CCCl)n2C(C)(C)CC(N)=O. The fraction of sp³-hybridized carbons (Fsp3) is 0.467. The maximum atomic E-state index is 13.7. The van der Waals surface area contributed by atoms with Gasteiger partial charge in [0.15, 0.2) is 0 Å². The van der Waals surface area contributed by atoms with Crippen LogP contribution in [0.4, 0.5) is 4.39 Å². The maximum Gasteiger partial charge on any atom is 0.219 e. The molecule has 2 N–H and O–H groups in total. The minimum atomic E-state index is -0.549. The summed E-state index contributed by atoms with van der Waals surface area (Å²) in [5.74, 6) is 0.447. The summed E-state index contributed by atoms with van der Waals surface area (Å²) in [5, 5.41) is 0. The van der Waals surface area contributed by atoms with Crippen LogP contribution in [0.5, 0.6) is 0 Å². The molecular formula is C15H19ClFN3O. The highest BCUT2D eigenvalue weighted by Gasteiger charge is 2.28. The van der Waals surface area contributed by atoms with E-state index in [0.717, 1.165) is 11.3 Å². The van der Waals surface area contributed by atoms with Crippen LogP contribution >= 0.6 is 11.6 Å². The van der Waals surface area contributed by atoms with Crippen molar-refractivity contribution in [1.29, 1.82) is 0 Å². The largest absolute Gasteiger partial charge is 0.370 e. The average Bonchev–Trinajstić information content (AvgIpc) is 2.66. The first-order chi connectivity index (χ1) is 9.76. The van der Waals surface area contributed by atoms with Crippen molar-refractivity contribution in [3.63, 3.8) is 0 Å². The van der Waals surface area contributed by atoms with E-state index >= 15 is 0 Å². The van der Waals surface area contributed by atoms with Crippen molar-refractivity contribution in [3.05, 3.63) is 29.3 Å². The van der Waals surface area contributed by atoms with E-state index in [0.29, 0.717) is 23.4 Å². The predicted molar refractivity (Wildman–Crippen MR) is 82.0 cm³/mol. The van der Waals surface area contributed by atoms with E-state index in [2.05, 4.69) is 4.98 Å². The lowest BCUT2D eigenvalue weighted by molar-refractivity contribution is -0.119. The van der Waals surface area contributed by atoms with Crippen molar-refractivity contribution in [2.24, 2.45) is 5.73 Å². The lowest BCUT2D eigenvalue weighted by Gasteiger charge is -2.28. The Labute approximate surface area is 128 Å². The van der Waals surface area contributed by atoms with Gasteiger partial charge in [0, 0.05) is 30.3 Å². The summed E-state index contributed by atoms with van der Waals surface area (Å²) >= 11 is 5.83. The van der Waals surface area contributed by atoms with Gasteiger partial charge >= 0.3 is 0 Å². The fourth-order valence-electron chi connectivity index (χ4n) is 2.69. The number of aromatic nitrogens is 2. The number of carbonyl (C=O) groups is 1. The van der Waals surface area contributed by atoms with Crippen LogP contribution in [0, 0.1) is 12.7 Å². The van der Waals surface area contributed by atoms with Gasteiger partial charge in [-0.05, 0) is 32.4 Å². The summed E-state index contributed by atoms with van der Waals surface area (Å²) in [6, 6.07) is 3.16. The lowest BCUT2D eigenvalue weighted by Crippen LogP contribution is -2.33. The highest BCUT2D eigenvalue weighted by atomic mass is 35.5. The summed E-state index contributed by atoms with van der Waals surface area (Å²) in [4.78, 5) is 15.8. The fourth-order valence-corrected chi connectivity index (χ4v) is 2.85. The molecule has 0 aliphatic carbocycles. The maximum absolute atomic E-state index is 13.7. The van der Waals surface area contributed by atoms with Crippen LogP contribution in [0.25, 0.3) is 11.0 Å². The zero-order chi connectivity index (χ0) is 15.8. The molecule has 1 aromatic heterocycles. The van der Waals surface area contributed by atoms with E-state index in [1.165, 1.54) is 6.07 Å². The molecule has 21 heavy (non-hydrogen) atoms. The van der Waals surface area contributed by atoms with Gasteiger partial charge in [-0.25, -0.2) is 9.37 Å². The Balaban J connectivity index is 2.71. The van der Waals surface area contributed by atoms with Gasteiger partial charge in [-0.3, -0.25) is 4.79 Å². The molecule has 1 heterocycles. The monoisotopic (exact) mass is 311 g/mol. The lowest BCUT2D eigenvalue weighted by atomic mass is 9.99. The summed E-state index contributed by atoms with van der Waals surface area (Å²) in [6.07, 6.45) is 0.712. The molecule has 0 radical (unpaired) electrons. The first kappa shape index (κ1) is 15.8. The van der Waals surface area contributed by atoms with E-state index in [1.807, 2.05) is 18.4 Å². The van der Waals surface area contributed by atoms with Gasteiger partial charge in [-0.15, -0.1) is 11.6 Å². The second-order valence-corrected chi connectivity index (χ2v) is 6.23. The Morgan fingerprint density at radius 3 is 2.71 bits per heavy atom. The molecule has 1 aromatic carbocycles. The van der Waals surface area contributed by atoms with E-state index in [4.69, 9.17) is 17.3 Å². The number of nitrogens with zero attached hydrogens (tertiary/aromatic N) is 2. The molecule has 0 spiro atoms. The third kappa shape index (κ3) is 3.02. The van der Waals surface area contributed by atoms with Gasteiger partial charge in [0.2, 0.25) is 5.91 Å². The number of carbonyl (C=O) groups excluding carboxylic acids is 1. The quantitative estimate of drug-likeness (QED) is 0.863. The Kier molecular flexibility index (Phi) is 4.23. The molecule has 0 aliphatic rings. The first-order valence-electron chi connectivity index (χ1n) is 6.78. The van der Waals surface area contributed by atoms with E-state index < -0.39 is 11.4 Å². The number of rotatable bonds is 5. The highest BCUT2D eigenvalue weighted by Crippen LogP contribution is 2.30. The summed E-state index contributed by atoms with van der Waals surface area (Å²) in [7, 11) is 0. The molecule has 0 saturated heterocycles. The topological polar surface area (TPSA) is 60.9 Å². The van der Waals surface area contributed by atoms with Crippen LogP contribution in [-0.4, -0.2) is 21.3 Å². The number of hydrogen-bond acceptors (Lipinski definition) is 2. The first-order valence-corrected chi connectivity index (χ1v) is 7.32. The molecule has 4 nitrogen and oxygen atoms in total. The summed E-state index contributed by atoms with van der Waals surface area (Å²) in [5.41, 5.74) is 6.69. The van der Waals surface area contributed by atoms with Crippen molar-refractivity contribution in [2.45, 2.75) is 39.2 Å². The summed E-state index contributed by atoms with van der Waals surface area (Å²) in [6.45, 7) is 5.53. The van der Waals surface area contributed by atoms with Crippen molar-refractivity contribution < 1.29 is 9.18 Å². The van der Waals surface area contributed by atoms with Crippen LogP contribution in [-0.2, 0) is 16.8 Å². The molecule has 0 atom stereocenters. The molecule has 2 aromatic rings. The number of fused-ring (bicyclic) bond motifs is 1. The molecule has 0 bridgehead atoms. The molecule has 1 amide bonds. The number of hydrogen-bond donors (Lipinski definition) is 1. The number of imidazole rings is 1. The van der Waals surface area contributed by atoms with Crippen LogP contribution < -0.4 is 5.73 Å². The molecule has 2 rings (SSSR count). The van der Waals surface area contributed by atoms with Crippen molar-refractivity contribution in [3.8, 4) is 0 Å². The zero-order valence-electron chi connectivity index (χ0n) is 12.4. The van der Waals surface area contributed by atoms with Crippen LogP contribution in [0.15, 0.2) is 12.1 Å². The van der Waals surface area contributed by atoms with Crippen molar-refractivity contribution >= 4 is 28.5 Å². The molecule has 0 fully saturated rings. The highest BCUT2D eigenvalue weighted by molar-refractivity contribution is 6.17. The third-order valence-corrected chi connectivity index (χ3v) is 3.72. The number of halogens is 2.